The van der Waals surface area contributed by atoms with E-state index in [0.29, 0.717) is 17.4 Å². The Labute approximate surface area is 192 Å². The van der Waals surface area contributed by atoms with Crippen LogP contribution >= 0.6 is 0 Å². The number of Topliss-reactive ketones (excluding diaryl/α,β-unsaturated/α-hetero) is 1. The molecule has 1 fully saturated rings. The number of fused-ring (bicyclic) bond motifs is 1. The van der Waals surface area contributed by atoms with Gasteiger partial charge in [-0.05, 0) is 50.7 Å². The van der Waals surface area contributed by atoms with Crippen LogP contribution in [0.15, 0.2) is 55.2 Å². The summed E-state index contributed by atoms with van der Waals surface area (Å²) < 4.78 is 1.77. The van der Waals surface area contributed by atoms with Crippen molar-refractivity contribution >= 4 is 22.4 Å². The number of rotatable bonds is 6. The van der Waals surface area contributed by atoms with Gasteiger partial charge in [-0.2, -0.15) is 5.10 Å². The molecule has 0 spiro atoms. The maximum atomic E-state index is 13.0. The van der Waals surface area contributed by atoms with Crippen LogP contribution in [0.25, 0.3) is 22.0 Å². The van der Waals surface area contributed by atoms with Gasteiger partial charge in [-0.1, -0.05) is 12.1 Å². The smallest absolute Gasteiger partial charge is 0.172 e. The standard InChI is InChI=1S/C25H27N7O/c1-31-7-5-21(6-8-31)29-22-9-19(12-26-15-22)24(33)11-25-27-13-18-4-3-17(10-23(18)30-25)20-14-28-32(2)16-20/h3-4,9-10,12-16,21,29H,5-8,11H2,1-2H3. The second kappa shape index (κ2) is 9.07. The van der Waals surface area contributed by atoms with Gasteiger partial charge in [0.2, 0.25) is 0 Å². The van der Waals surface area contributed by atoms with Gasteiger partial charge in [0.1, 0.15) is 5.82 Å². The predicted octanol–water partition coefficient (Wildman–Crippen LogP) is 3.36. The van der Waals surface area contributed by atoms with Crippen molar-refractivity contribution < 1.29 is 4.79 Å². The topological polar surface area (TPSA) is 88.8 Å². The fraction of sp³-hybridized carbons (Fsp3) is 0.320. The van der Waals surface area contributed by atoms with E-state index in [9.17, 15) is 4.79 Å². The average Bonchev–Trinajstić information content (AvgIpc) is 3.26. The molecule has 0 aliphatic carbocycles. The summed E-state index contributed by atoms with van der Waals surface area (Å²) in [5.74, 6) is 0.460. The van der Waals surface area contributed by atoms with Gasteiger partial charge >= 0.3 is 0 Å². The summed E-state index contributed by atoms with van der Waals surface area (Å²) in [5.41, 5.74) is 4.32. The lowest BCUT2D eigenvalue weighted by molar-refractivity contribution is 0.0990. The van der Waals surface area contributed by atoms with E-state index in [1.54, 1.807) is 23.3 Å². The highest BCUT2D eigenvalue weighted by Gasteiger charge is 2.17. The number of pyridine rings is 1. The third-order valence-corrected chi connectivity index (χ3v) is 6.14. The lowest BCUT2D eigenvalue weighted by atomic mass is 10.0. The molecule has 1 aliphatic heterocycles. The molecule has 4 aromatic rings. The highest BCUT2D eigenvalue weighted by atomic mass is 16.1. The summed E-state index contributed by atoms with van der Waals surface area (Å²) in [5, 5.41) is 8.70. The van der Waals surface area contributed by atoms with E-state index in [2.05, 4.69) is 37.3 Å². The molecule has 3 aromatic heterocycles. The van der Waals surface area contributed by atoms with Crippen molar-refractivity contribution in [3.8, 4) is 11.1 Å². The number of anilines is 1. The Morgan fingerprint density at radius 2 is 1.91 bits per heavy atom. The highest BCUT2D eigenvalue weighted by Crippen LogP contribution is 2.23. The summed E-state index contributed by atoms with van der Waals surface area (Å²) in [4.78, 5) is 28.6. The van der Waals surface area contributed by atoms with E-state index >= 15 is 0 Å². The Balaban J connectivity index is 1.31. The molecule has 0 atom stereocenters. The van der Waals surface area contributed by atoms with E-state index in [1.165, 1.54) is 0 Å². The van der Waals surface area contributed by atoms with Crippen molar-refractivity contribution in [1.82, 2.24) is 29.6 Å². The van der Waals surface area contributed by atoms with Gasteiger partial charge in [-0.25, -0.2) is 9.97 Å². The quantitative estimate of drug-likeness (QED) is 0.459. The lowest BCUT2D eigenvalue weighted by Crippen LogP contribution is -2.36. The van der Waals surface area contributed by atoms with Crippen LogP contribution in [-0.2, 0) is 13.5 Å². The number of hydrogen-bond acceptors (Lipinski definition) is 7. The number of ketones is 1. The van der Waals surface area contributed by atoms with E-state index in [-0.39, 0.29) is 12.2 Å². The summed E-state index contributed by atoms with van der Waals surface area (Å²) in [6, 6.07) is 8.32. The van der Waals surface area contributed by atoms with Crippen molar-refractivity contribution in [3.63, 3.8) is 0 Å². The molecule has 1 N–H and O–H groups in total. The van der Waals surface area contributed by atoms with Gasteiger partial charge in [0.25, 0.3) is 0 Å². The molecule has 0 radical (unpaired) electrons. The number of nitrogens with zero attached hydrogens (tertiary/aromatic N) is 6. The first-order valence-corrected chi connectivity index (χ1v) is 11.2. The molecule has 0 saturated carbocycles. The van der Waals surface area contributed by atoms with Gasteiger partial charge < -0.3 is 10.2 Å². The van der Waals surface area contributed by atoms with Crippen molar-refractivity contribution in [2.24, 2.45) is 7.05 Å². The fourth-order valence-corrected chi connectivity index (χ4v) is 4.20. The molecule has 0 amide bonds. The maximum absolute atomic E-state index is 13.0. The van der Waals surface area contributed by atoms with E-state index in [0.717, 1.165) is 53.6 Å². The number of carbonyl (C=O) groups is 1. The zero-order valence-corrected chi connectivity index (χ0v) is 18.9. The van der Waals surface area contributed by atoms with Crippen LogP contribution in [0.3, 0.4) is 0 Å². The van der Waals surface area contributed by atoms with Crippen molar-refractivity contribution in [1.29, 1.82) is 0 Å². The zero-order chi connectivity index (χ0) is 22.8. The molecule has 0 bridgehead atoms. The summed E-state index contributed by atoms with van der Waals surface area (Å²) in [6.45, 7) is 2.15. The van der Waals surface area contributed by atoms with Gasteiger partial charge in [-0.15, -0.1) is 0 Å². The molecule has 5 rings (SSSR count). The van der Waals surface area contributed by atoms with Crippen molar-refractivity contribution in [3.05, 3.63) is 66.6 Å². The molecule has 1 aliphatic rings. The molecule has 1 saturated heterocycles. The first-order valence-electron chi connectivity index (χ1n) is 11.2. The molecule has 8 heteroatoms. The molecular formula is C25H27N7O. The summed E-state index contributed by atoms with van der Waals surface area (Å²) in [6.07, 6.45) is 11.3. The van der Waals surface area contributed by atoms with Gasteiger partial charge in [0, 0.05) is 54.4 Å². The average molecular weight is 442 g/mol. The van der Waals surface area contributed by atoms with Crippen LogP contribution in [0.1, 0.15) is 29.0 Å². The fourth-order valence-electron chi connectivity index (χ4n) is 4.20. The number of likely N-dealkylation sites (tertiary alicyclic amines) is 1. The second-order valence-corrected chi connectivity index (χ2v) is 8.75. The van der Waals surface area contributed by atoms with Crippen LogP contribution < -0.4 is 5.32 Å². The Bertz CT molecular complexity index is 1290. The van der Waals surface area contributed by atoms with Crippen LogP contribution in [0.5, 0.6) is 0 Å². The molecule has 4 heterocycles. The molecule has 0 unspecified atom stereocenters. The van der Waals surface area contributed by atoms with E-state index in [4.69, 9.17) is 0 Å². The molecule has 8 nitrogen and oxygen atoms in total. The summed E-state index contributed by atoms with van der Waals surface area (Å²) in [7, 11) is 4.04. The third kappa shape index (κ3) is 4.90. The number of aryl methyl sites for hydroxylation is 1. The minimum atomic E-state index is -0.0442. The van der Waals surface area contributed by atoms with Gasteiger partial charge in [0.15, 0.2) is 5.78 Å². The minimum absolute atomic E-state index is 0.0442. The van der Waals surface area contributed by atoms with Crippen molar-refractivity contribution in [2.75, 3.05) is 25.5 Å². The first kappa shape index (κ1) is 21.2. The van der Waals surface area contributed by atoms with E-state index in [1.807, 2.05) is 43.7 Å². The molecule has 1 aromatic carbocycles. The Kier molecular flexibility index (Phi) is 5.83. The van der Waals surface area contributed by atoms with Crippen LogP contribution in [0, 0.1) is 0 Å². The van der Waals surface area contributed by atoms with Crippen LogP contribution in [0.4, 0.5) is 5.69 Å². The monoisotopic (exact) mass is 441 g/mol. The minimum Gasteiger partial charge on any atom is -0.381 e. The normalized spacial score (nSPS) is 15.1. The SMILES string of the molecule is CN1CCC(Nc2cncc(C(=O)Cc3ncc4ccc(-c5cnn(C)c5)cc4n3)c2)CC1. The van der Waals surface area contributed by atoms with Gasteiger partial charge in [0.05, 0.1) is 23.8 Å². The predicted molar refractivity (Wildman–Crippen MR) is 128 cm³/mol. The number of nitrogens with one attached hydrogen (secondary N) is 1. The number of carbonyl (C=O) groups excluding carboxylic acids is 1. The second-order valence-electron chi connectivity index (χ2n) is 8.75. The van der Waals surface area contributed by atoms with E-state index < -0.39 is 0 Å². The van der Waals surface area contributed by atoms with Crippen LogP contribution in [-0.4, -0.2) is 61.6 Å². The number of piperidine rings is 1. The first-order chi connectivity index (χ1) is 16.0. The molecule has 33 heavy (non-hydrogen) atoms. The maximum Gasteiger partial charge on any atom is 0.172 e. The Morgan fingerprint density at radius 3 is 2.70 bits per heavy atom. The number of hydrogen-bond donors (Lipinski definition) is 1. The lowest BCUT2D eigenvalue weighted by Gasteiger charge is -2.30. The Morgan fingerprint density at radius 1 is 1.06 bits per heavy atom. The third-order valence-electron chi connectivity index (χ3n) is 6.14. The molecular weight excluding hydrogens is 414 g/mol. The zero-order valence-electron chi connectivity index (χ0n) is 18.9. The largest absolute Gasteiger partial charge is 0.381 e. The van der Waals surface area contributed by atoms with Crippen molar-refractivity contribution in [2.45, 2.75) is 25.3 Å². The number of aromatic nitrogens is 5. The summed E-state index contributed by atoms with van der Waals surface area (Å²) >= 11 is 0. The molecule has 168 valence electrons. The number of benzene rings is 1. The highest BCUT2D eigenvalue weighted by molar-refractivity contribution is 5.97. The van der Waals surface area contributed by atoms with Gasteiger partial charge in [-0.3, -0.25) is 14.5 Å². The van der Waals surface area contributed by atoms with Crippen LogP contribution in [0.2, 0.25) is 0 Å². The Hall–Kier alpha value is -3.65.